The number of carbonyl (C=O) groups excluding carboxylic acids is 2. The van der Waals surface area contributed by atoms with Crippen LogP contribution in [0.1, 0.15) is 54.9 Å². The largest absolute Gasteiger partial charge is 0.465 e. The molecule has 6 heteroatoms. The van der Waals surface area contributed by atoms with Gasteiger partial charge in [0.2, 0.25) is 5.91 Å². The zero-order valence-electron chi connectivity index (χ0n) is 16.7. The molecule has 1 aliphatic heterocycles. The van der Waals surface area contributed by atoms with Crippen LogP contribution in [0.25, 0.3) is 0 Å². The van der Waals surface area contributed by atoms with Crippen molar-refractivity contribution in [3.05, 3.63) is 47.5 Å². The normalized spacial score (nSPS) is 19.2. The molecule has 0 spiro atoms. The van der Waals surface area contributed by atoms with Gasteiger partial charge in [0.25, 0.3) is 0 Å². The number of nitrogens with zero attached hydrogens (tertiary/aromatic N) is 1. The summed E-state index contributed by atoms with van der Waals surface area (Å²) < 4.78 is 4.70. The first kappa shape index (κ1) is 22.1. The maximum atomic E-state index is 12.2. The summed E-state index contributed by atoms with van der Waals surface area (Å²) in [4.78, 5) is 25.6. The highest BCUT2D eigenvalue weighted by Gasteiger charge is 2.28. The standard InChI is InChI=1S/C22H31NO5/c1-16(24)4-3-5-20(25)12-10-19-11-13-21(26)23(19)15-14-17-6-8-18(9-7-17)22(27)28-2/h6-10,12,16,19-20,24-25H,3-5,11,13-15H2,1-2H3/t16-,19-,20?/m0/s1. The zero-order valence-corrected chi connectivity index (χ0v) is 16.7. The van der Waals surface area contributed by atoms with E-state index in [1.807, 2.05) is 23.1 Å². The average molecular weight is 389 g/mol. The Kier molecular flexibility index (Phi) is 8.67. The molecule has 6 nitrogen and oxygen atoms in total. The van der Waals surface area contributed by atoms with Crippen LogP contribution in [0.4, 0.5) is 0 Å². The number of benzene rings is 1. The minimum absolute atomic E-state index is 0.00765. The Labute approximate surface area is 166 Å². The van der Waals surface area contributed by atoms with Crippen LogP contribution >= 0.6 is 0 Å². The van der Waals surface area contributed by atoms with Crippen molar-refractivity contribution in [2.24, 2.45) is 0 Å². The van der Waals surface area contributed by atoms with Crippen molar-refractivity contribution < 1.29 is 24.5 Å². The van der Waals surface area contributed by atoms with E-state index in [0.29, 0.717) is 37.8 Å². The number of ether oxygens (including phenoxy) is 1. The van der Waals surface area contributed by atoms with Crippen LogP contribution in [0.5, 0.6) is 0 Å². The second-order valence-corrected chi connectivity index (χ2v) is 7.36. The zero-order chi connectivity index (χ0) is 20.5. The average Bonchev–Trinajstić information content (AvgIpc) is 3.03. The van der Waals surface area contributed by atoms with Gasteiger partial charge in [0, 0.05) is 13.0 Å². The van der Waals surface area contributed by atoms with Crippen molar-refractivity contribution >= 4 is 11.9 Å². The summed E-state index contributed by atoms with van der Waals surface area (Å²) in [6, 6.07) is 7.22. The topological polar surface area (TPSA) is 87.1 Å². The lowest BCUT2D eigenvalue weighted by atomic mass is 10.1. The van der Waals surface area contributed by atoms with Gasteiger partial charge >= 0.3 is 5.97 Å². The van der Waals surface area contributed by atoms with Crippen LogP contribution in [0.15, 0.2) is 36.4 Å². The van der Waals surface area contributed by atoms with Gasteiger partial charge in [-0.1, -0.05) is 24.3 Å². The summed E-state index contributed by atoms with van der Waals surface area (Å²) in [7, 11) is 1.35. The molecule has 1 fully saturated rings. The number of aliphatic hydroxyl groups is 2. The number of hydrogen-bond acceptors (Lipinski definition) is 5. The van der Waals surface area contributed by atoms with E-state index < -0.39 is 6.10 Å². The Morgan fingerprint density at radius 3 is 2.64 bits per heavy atom. The number of amides is 1. The number of methoxy groups -OCH3 is 1. The van der Waals surface area contributed by atoms with Gasteiger partial charge in [-0.3, -0.25) is 4.79 Å². The molecule has 1 unspecified atom stereocenters. The lowest BCUT2D eigenvalue weighted by Gasteiger charge is -2.23. The molecular formula is C22H31NO5. The SMILES string of the molecule is COC(=O)c1ccc(CCN2C(=O)CC[C@@H]2C=CC(O)CCC[C@H](C)O)cc1. The van der Waals surface area contributed by atoms with E-state index in [2.05, 4.69) is 0 Å². The van der Waals surface area contributed by atoms with Crippen LogP contribution in [0.3, 0.4) is 0 Å². The molecule has 1 aliphatic rings. The van der Waals surface area contributed by atoms with Gasteiger partial charge in [-0.05, 0) is 56.7 Å². The van der Waals surface area contributed by atoms with E-state index in [1.165, 1.54) is 7.11 Å². The van der Waals surface area contributed by atoms with Crippen molar-refractivity contribution in [3.63, 3.8) is 0 Å². The predicted octanol–water partition coefficient (Wildman–Crippen LogP) is 2.47. The molecule has 0 saturated carbocycles. The molecular weight excluding hydrogens is 358 g/mol. The van der Waals surface area contributed by atoms with Gasteiger partial charge in [0.15, 0.2) is 0 Å². The first-order valence-corrected chi connectivity index (χ1v) is 9.92. The Bertz CT molecular complexity index is 668. The Hall–Kier alpha value is -2.18. The third kappa shape index (κ3) is 6.77. The number of hydrogen-bond donors (Lipinski definition) is 2. The highest BCUT2D eigenvalue weighted by Crippen LogP contribution is 2.21. The third-order valence-corrected chi connectivity index (χ3v) is 5.07. The molecule has 0 aromatic heterocycles. The Morgan fingerprint density at radius 2 is 2.00 bits per heavy atom. The van der Waals surface area contributed by atoms with Crippen LogP contribution in [-0.2, 0) is 16.0 Å². The minimum atomic E-state index is -0.554. The fourth-order valence-electron chi connectivity index (χ4n) is 3.40. The lowest BCUT2D eigenvalue weighted by Crippen LogP contribution is -2.33. The summed E-state index contributed by atoms with van der Waals surface area (Å²) in [5.74, 6) is -0.233. The van der Waals surface area contributed by atoms with Gasteiger partial charge in [-0.15, -0.1) is 0 Å². The van der Waals surface area contributed by atoms with Gasteiger partial charge < -0.3 is 19.8 Å². The first-order chi connectivity index (χ1) is 13.4. The smallest absolute Gasteiger partial charge is 0.337 e. The molecule has 0 bridgehead atoms. The number of carbonyl (C=O) groups is 2. The molecule has 3 atom stereocenters. The summed E-state index contributed by atoms with van der Waals surface area (Å²) >= 11 is 0. The number of rotatable bonds is 10. The molecule has 0 radical (unpaired) electrons. The maximum Gasteiger partial charge on any atom is 0.337 e. The Balaban J connectivity index is 1.86. The van der Waals surface area contributed by atoms with Gasteiger partial charge in [0.1, 0.15) is 0 Å². The maximum absolute atomic E-state index is 12.2. The monoisotopic (exact) mass is 389 g/mol. The van der Waals surface area contributed by atoms with E-state index in [1.54, 1.807) is 25.1 Å². The molecule has 2 N–H and O–H groups in total. The highest BCUT2D eigenvalue weighted by molar-refractivity contribution is 5.89. The molecule has 1 amide bonds. The second-order valence-electron chi connectivity index (χ2n) is 7.36. The van der Waals surface area contributed by atoms with Crippen molar-refractivity contribution in [3.8, 4) is 0 Å². The molecule has 0 aliphatic carbocycles. The van der Waals surface area contributed by atoms with E-state index in [0.717, 1.165) is 18.4 Å². The van der Waals surface area contributed by atoms with Gasteiger partial charge in [-0.25, -0.2) is 4.79 Å². The predicted molar refractivity (Wildman–Crippen MR) is 107 cm³/mol. The van der Waals surface area contributed by atoms with Crippen molar-refractivity contribution in [2.75, 3.05) is 13.7 Å². The fraction of sp³-hybridized carbons (Fsp3) is 0.545. The van der Waals surface area contributed by atoms with E-state index in [9.17, 15) is 19.8 Å². The number of likely N-dealkylation sites (tertiary alicyclic amines) is 1. The number of aliphatic hydroxyl groups excluding tert-OH is 2. The Morgan fingerprint density at radius 1 is 1.29 bits per heavy atom. The van der Waals surface area contributed by atoms with Crippen molar-refractivity contribution in [1.29, 1.82) is 0 Å². The molecule has 2 rings (SSSR count). The fourth-order valence-corrected chi connectivity index (χ4v) is 3.40. The van der Waals surface area contributed by atoms with Crippen LogP contribution in [0.2, 0.25) is 0 Å². The molecule has 154 valence electrons. The third-order valence-electron chi connectivity index (χ3n) is 5.07. The van der Waals surface area contributed by atoms with E-state index in [-0.39, 0.29) is 24.0 Å². The van der Waals surface area contributed by atoms with E-state index in [4.69, 9.17) is 4.74 Å². The molecule has 1 aromatic rings. The highest BCUT2D eigenvalue weighted by atomic mass is 16.5. The van der Waals surface area contributed by atoms with Crippen molar-refractivity contribution in [1.82, 2.24) is 4.90 Å². The summed E-state index contributed by atoms with van der Waals surface area (Å²) in [5, 5.41) is 19.3. The quantitative estimate of drug-likeness (QED) is 0.474. The first-order valence-electron chi connectivity index (χ1n) is 9.92. The molecule has 1 aromatic carbocycles. The van der Waals surface area contributed by atoms with Crippen molar-refractivity contribution in [2.45, 2.75) is 63.7 Å². The van der Waals surface area contributed by atoms with E-state index >= 15 is 0 Å². The van der Waals surface area contributed by atoms with Gasteiger partial charge in [-0.2, -0.15) is 0 Å². The summed E-state index contributed by atoms with van der Waals surface area (Å²) in [5.41, 5.74) is 1.56. The van der Waals surface area contributed by atoms with Crippen LogP contribution < -0.4 is 0 Å². The molecule has 1 saturated heterocycles. The second kappa shape index (κ2) is 11.0. The van der Waals surface area contributed by atoms with Crippen LogP contribution in [-0.4, -0.2) is 58.9 Å². The van der Waals surface area contributed by atoms with Gasteiger partial charge in [0.05, 0.1) is 30.9 Å². The minimum Gasteiger partial charge on any atom is -0.465 e. The summed E-state index contributed by atoms with van der Waals surface area (Å²) in [6.45, 7) is 2.34. The molecule has 1 heterocycles. The van der Waals surface area contributed by atoms with Crippen LogP contribution in [0, 0.1) is 0 Å². The molecule has 28 heavy (non-hydrogen) atoms. The summed E-state index contributed by atoms with van der Waals surface area (Å²) in [6.07, 6.45) is 6.82. The number of esters is 1. The lowest BCUT2D eigenvalue weighted by molar-refractivity contribution is -0.128.